The number of aromatic nitrogens is 2. The van der Waals surface area contributed by atoms with Crippen molar-refractivity contribution in [2.45, 2.75) is 18.2 Å². The van der Waals surface area contributed by atoms with Crippen molar-refractivity contribution in [1.29, 1.82) is 0 Å². The lowest BCUT2D eigenvalue weighted by Gasteiger charge is -2.08. The summed E-state index contributed by atoms with van der Waals surface area (Å²) in [7, 11) is -3.73. The van der Waals surface area contributed by atoms with E-state index in [1.54, 1.807) is 29.1 Å². The van der Waals surface area contributed by atoms with E-state index in [0.29, 0.717) is 29.1 Å². The molecule has 5 rings (SSSR count). The average molecular weight is 580 g/mol. The van der Waals surface area contributed by atoms with E-state index in [2.05, 4.69) is 22.2 Å². The number of nitrogens with zero attached hydrogens (tertiary/aromatic N) is 3. The second kappa shape index (κ2) is 13.0. The number of anilines is 1. The molecule has 42 heavy (non-hydrogen) atoms. The normalized spacial score (nSPS) is 11.4. The van der Waals surface area contributed by atoms with Crippen LogP contribution in [0.3, 0.4) is 0 Å². The van der Waals surface area contributed by atoms with Crippen LogP contribution in [-0.2, 0) is 10.0 Å². The maximum absolute atomic E-state index is 12.8. The molecule has 0 aliphatic carbocycles. The summed E-state index contributed by atoms with van der Waals surface area (Å²) in [6.45, 7) is 2.70. The van der Waals surface area contributed by atoms with E-state index >= 15 is 0 Å². The number of rotatable bonds is 11. The average Bonchev–Trinajstić information content (AvgIpc) is 3.45. The molecule has 0 unspecified atom stereocenters. The fraction of sp³-hybridized carbons (Fsp3) is 0.0938. The number of sulfonamides is 1. The second-order valence-electron chi connectivity index (χ2n) is 9.28. The van der Waals surface area contributed by atoms with Gasteiger partial charge in [0.1, 0.15) is 11.4 Å². The van der Waals surface area contributed by atoms with E-state index in [9.17, 15) is 13.2 Å². The molecule has 0 saturated heterocycles. The molecule has 0 bridgehead atoms. The first-order valence-corrected chi connectivity index (χ1v) is 14.8. The molecule has 9 nitrogen and oxygen atoms in total. The van der Waals surface area contributed by atoms with Gasteiger partial charge in [0, 0.05) is 28.6 Å². The van der Waals surface area contributed by atoms with Crippen LogP contribution >= 0.6 is 0 Å². The SMILES string of the molecule is CCCOc1ccc(-c2nn(-c3ccccc3)cc2/C=N\NC(=O)c2ccc(NS(=O)(=O)c3ccccc3)cc2)cc1. The first-order valence-electron chi connectivity index (χ1n) is 13.3. The number of ether oxygens (including phenoxy) is 1. The Bertz CT molecular complexity index is 1770. The van der Waals surface area contributed by atoms with Crippen molar-refractivity contribution in [3.8, 4) is 22.7 Å². The highest BCUT2D eigenvalue weighted by Crippen LogP contribution is 2.25. The Morgan fingerprint density at radius 2 is 1.57 bits per heavy atom. The first kappa shape index (κ1) is 28.3. The van der Waals surface area contributed by atoms with Crippen molar-refractivity contribution in [1.82, 2.24) is 15.2 Å². The molecule has 0 atom stereocenters. The molecule has 4 aromatic carbocycles. The van der Waals surface area contributed by atoms with Crippen LogP contribution in [0.15, 0.2) is 125 Å². The summed E-state index contributed by atoms with van der Waals surface area (Å²) in [5.74, 6) is 0.336. The van der Waals surface area contributed by atoms with Gasteiger partial charge in [-0.05, 0) is 79.2 Å². The zero-order chi connectivity index (χ0) is 29.4. The third-order valence-corrected chi connectivity index (χ3v) is 7.58. The Morgan fingerprint density at radius 1 is 0.905 bits per heavy atom. The van der Waals surface area contributed by atoms with Crippen LogP contribution in [0.5, 0.6) is 5.75 Å². The van der Waals surface area contributed by atoms with Crippen molar-refractivity contribution in [2.75, 3.05) is 11.3 Å². The van der Waals surface area contributed by atoms with E-state index in [-0.39, 0.29) is 4.90 Å². The van der Waals surface area contributed by atoms with E-state index in [4.69, 9.17) is 9.84 Å². The Balaban J connectivity index is 1.31. The van der Waals surface area contributed by atoms with Gasteiger partial charge in [-0.3, -0.25) is 9.52 Å². The number of hydrogen-bond donors (Lipinski definition) is 2. The standard InChI is InChI=1S/C32H29N5O4S/c1-2-21-41-29-19-15-24(16-20-29)31-26(23-37(35-31)28-9-5-3-6-10-28)22-33-34-32(38)25-13-17-27(18-14-25)36-42(39,40)30-11-7-4-8-12-30/h3-20,22-23,36H,2,21H2,1H3,(H,34,38)/b33-22-. The smallest absolute Gasteiger partial charge is 0.271 e. The van der Waals surface area contributed by atoms with Crippen LogP contribution in [0.25, 0.3) is 16.9 Å². The number of para-hydroxylation sites is 1. The Labute approximate surface area is 244 Å². The molecule has 2 N–H and O–H groups in total. The molecule has 0 fully saturated rings. The number of hydrazone groups is 1. The maximum Gasteiger partial charge on any atom is 0.271 e. The predicted octanol–water partition coefficient (Wildman–Crippen LogP) is 5.89. The lowest BCUT2D eigenvalue weighted by molar-refractivity contribution is 0.0955. The van der Waals surface area contributed by atoms with Gasteiger partial charge in [0.15, 0.2) is 0 Å². The molecule has 1 aromatic heterocycles. The minimum Gasteiger partial charge on any atom is -0.494 e. The van der Waals surface area contributed by atoms with Crippen LogP contribution in [0.2, 0.25) is 0 Å². The lowest BCUT2D eigenvalue weighted by Crippen LogP contribution is -2.18. The molecule has 0 radical (unpaired) electrons. The molecule has 10 heteroatoms. The number of carbonyl (C=O) groups is 1. The zero-order valence-electron chi connectivity index (χ0n) is 22.8. The molecule has 0 saturated carbocycles. The summed E-state index contributed by atoms with van der Waals surface area (Å²) in [5, 5.41) is 8.95. The van der Waals surface area contributed by atoms with Crippen molar-refractivity contribution >= 4 is 27.8 Å². The molecule has 5 aromatic rings. The molecule has 212 valence electrons. The van der Waals surface area contributed by atoms with Crippen molar-refractivity contribution < 1.29 is 17.9 Å². The van der Waals surface area contributed by atoms with Gasteiger partial charge in [0.2, 0.25) is 0 Å². The van der Waals surface area contributed by atoms with Gasteiger partial charge in [-0.2, -0.15) is 10.2 Å². The topological polar surface area (TPSA) is 115 Å². The number of benzene rings is 4. The summed E-state index contributed by atoms with van der Waals surface area (Å²) in [4.78, 5) is 12.9. The van der Waals surface area contributed by atoms with Gasteiger partial charge in [-0.25, -0.2) is 18.5 Å². The summed E-state index contributed by atoms with van der Waals surface area (Å²) < 4.78 is 35.1. The molecule has 1 heterocycles. The minimum atomic E-state index is -3.73. The van der Waals surface area contributed by atoms with E-state index < -0.39 is 15.9 Å². The first-order chi connectivity index (χ1) is 20.4. The monoisotopic (exact) mass is 579 g/mol. The van der Waals surface area contributed by atoms with Crippen LogP contribution < -0.4 is 14.9 Å². The van der Waals surface area contributed by atoms with E-state index in [0.717, 1.165) is 23.4 Å². The summed E-state index contributed by atoms with van der Waals surface area (Å²) >= 11 is 0. The fourth-order valence-electron chi connectivity index (χ4n) is 4.08. The van der Waals surface area contributed by atoms with Crippen molar-refractivity contribution in [3.05, 3.63) is 127 Å². The van der Waals surface area contributed by atoms with Crippen LogP contribution in [-0.4, -0.2) is 36.9 Å². The number of amides is 1. The number of hydrogen-bond acceptors (Lipinski definition) is 6. The summed E-state index contributed by atoms with van der Waals surface area (Å²) in [6, 6.07) is 31.5. The van der Waals surface area contributed by atoms with Crippen molar-refractivity contribution in [3.63, 3.8) is 0 Å². The fourth-order valence-corrected chi connectivity index (χ4v) is 5.16. The Morgan fingerprint density at radius 3 is 2.24 bits per heavy atom. The highest BCUT2D eigenvalue weighted by molar-refractivity contribution is 7.92. The van der Waals surface area contributed by atoms with Gasteiger partial charge >= 0.3 is 0 Å². The summed E-state index contributed by atoms with van der Waals surface area (Å²) in [6.07, 6.45) is 4.31. The highest BCUT2D eigenvalue weighted by Gasteiger charge is 2.15. The third kappa shape index (κ3) is 6.91. The van der Waals surface area contributed by atoms with Gasteiger partial charge in [0.05, 0.1) is 23.4 Å². The maximum atomic E-state index is 12.8. The van der Waals surface area contributed by atoms with Crippen LogP contribution in [0.1, 0.15) is 29.3 Å². The van der Waals surface area contributed by atoms with Gasteiger partial charge in [0.25, 0.3) is 15.9 Å². The molecule has 0 spiro atoms. The molecule has 1 amide bonds. The quantitative estimate of drug-likeness (QED) is 0.150. The third-order valence-electron chi connectivity index (χ3n) is 6.19. The van der Waals surface area contributed by atoms with E-state index in [1.807, 2.05) is 60.8 Å². The zero-order valence-corrected chi connectivity index (χ0v) is 23.7. The van der Waals surface area contributed by atoms with Gasteiger partial charge in [-0.1, -0.05) is 43.3 Å². The largest absolute Gasteiger partial charge is 0.494 e. The van der Waals surface area contributed by atoms with Gasteiger partial charge in [-0.15, -0.1) is 0 Å². The predicted molar refractivity (Wildman–Crippen MR) is 164 cm³/mol. The van der Waals surface area contributed by atoms with Gasteiger partial charge < -0.3 is 4.74 Å². The lowest BCUT2D eigenvalue weighted by atomic mass is 10.1. The summed E-state index contributed by atoms with van der Waals surface area (Å²) in [5.41, 5.74) is 6.33. The molecule has 0 aliphatic heterocycles. The highest BCUT2D eigenvalue weighted by atomic mass is 32.2. The molecular formula is C32H29N5O4S. The Kier molecular flexibility index (Phi) is 8.74. The Hall–Kier alpha value is -5.22. The van der Waals surface area contributed by atoms with Crippen LogP contribution in [0, 0.1) is 0 Å². The molecular weight excluding hydrogens is 550 g/mol. The second-order valence-corrected chi connectivity index (χ2v) is 11.0. The molecule has 0 aliphatic rings. The number of nitrogens with one attached hydrogen (secondary N) is 2. The van der Waals surface area contributed by atoms with Crippen LogP contribution in [0.4, 0.5) is 5.69 Å². The van der Waals surface area contributed by atoms with E-state index in [1.165, 1.54) is 36.4 Å². The van der Waals surface area contributed by atoms with Crippen molar-refractivity contribution in [2.24, 2.45) is 5.10 Å². The number of carbonyl (C=O) groups excluding carboxylic acids is 1. The minimum absolute atomic E-state index is 0.150.